The monoisotopic (exact) mass is 324 g/mol. The molecule has 1 amide bonds. The zero-order chi connectivity index (χ0) is 16.2. The molecule has 0 bridgehead atoms. The van der Waals surface area contributed by atoms with Gasteiger partial charge in [-0.3, -0.25) is 0 Å². The fraction of sp³-hybridized carbons (Fsp3) is 0.917. The minimum atomic E-state index is -1.24. The number of hydrogen-bond acceptors (Lipinski definition) is 8. The summed E-state index contributed by atoms with van der Waals surface area (Å²) in [5.74, 6) is 0.161. The zero-order valence-electron chi connectivity index (χ0n) is 12.4. The average molecular weight is 324 g/mol. The Bertz CT molecular complexity index is 349. The molecule has 6 N–H and O–H groups in total. The summed E-state index contributed by atoms with van der Waals surface area (Å²) in [5, 5.41) is 31.1. The number of rotatable bonds is 4. The van der Waals surface area contributed by atoms with Gasteiger partial charge in [0.1, 0.15) is 29.3 Å². The van der Waals surface area contributed by atoms with E-state index in [-0.39, 0.29) is 5.88 Å². The van der Waals surface area contributed by atoms with Gasteiger partial charge in [0.25, 0.3) is 0 Å². The molecule has 0 aromatic carbocycles. The van der Waals surface area contributed by atoms with E-state index in [9.17, 15) is 15.0 Å². The maximum absolute atomic E-state index is 11.5. The molecule has 1 rings (SSSR count). The molecule has 1 fully saturated rings. The molecule has 0 aliphatic carbocycles. The first-order chi connectivity index (χ1) is 9.65. The second-order valence-electron chi connectivity index (χ2n) is 5.77. The summed E-state index contributed by atoms with van der Waals surface area (Å²) in [6.07, 6.45) is -3.91. The summed E-state index contributed by atoms with van der Waals surface area (Å²) in [7, 11) is 0. The third-order valence-electron chi connectivity index (χ3n) is 2.79. The molecule has 0 saturated carbocycles. The van der Waals surface area contributed by atoms with Crippen molar-refractivity contribution in [2.24, 2.45) is 5.73 Å². The van der Waals surface area contributed by atoms with Gasteiger partial charge in [0, 0.05) is 0 Å². The predicted octanol–water partition coefficient (Wildman–Crippen LogP) is -1.03. The van der Waals surface area contributed by atoms with Gasteiger partial charge in [-0.1, -0.05) is 0 Å². The number of aliphatic hydroxyl groups is 3. The van der Waals surface area contributed by atoms with Crippen LogP contribution < -0.4 is 11.1 Å². The third kappa shape index (κ3) is 5.61. The van der Waals surface area contributed by atoms with Crippen molar-refractivity contribution in [3.05, 3.63) is 0 Å². The van der Waals surface area contributed by atoms with E-state index in [0.717, 1.165) is 11.8 Å². The second kappa shape index (κ2) is 7.61. The van der Waals surface area contributed by atoms with Crippen molar-refractivity contribution in [3.8, 4) is 0 Å². The number of aliphatic hydroxyl groups excluding tert-OH is 3. The van der Waals surface area contributed by atoms with E-state index in [0.29, 0.717) is 0 Å². The number of nitrogens with two attached hydrogens (primary N) is 1. The van der Waals surface area contributed by atoms with Gasteiger partial charge in [0.2, 0.25) is 0 Å². The van der Waals surface area contributed by atoms with Crippen LogP contribution in [-0.4, -0.2) is 69.3 Å². The van der Waals surface area contributed by atoms with Gasteiger partial charge in [-0.05, 0) is 20.8 Å². The molecule has 0 spiro atoms. The Morgan fingerprint density at radius 3 is 2.52 bits per heavy atom. The molecule has 3 unspecified atom stereocenters. The summed E-state index contributed by atoms with van der Waals surface area (Å²) in [6, 6.07) is -0.826. The topological polar surface area (TPSA) is 134 Å². The number of hydrogen-bond donors (Lipinski definition) is 5. The predicted molar refractivity (Wildman–Crippen MR) is 77.6 cm³/mol. The lowest BCUT2D eigenvalue weighted by molar-refractivity contribution is -0.165. The highest BCUT2D eigenvalue weighted by Crippen LogP contribution is 2.26. The lowest BCUT2D eigenvalue weighted by Crippen LogP contribution is -2.61. The van der Waals surface area contributed by atoms with Gasteiger partial charge in [-0.2, -0.15) is 0 Å². The standard InChI is InChI=1S/C12H24N2O6S/c1-12(2,3)20-11(18)14-5-21-10-7(13)9(17)8(16)6(4-15)19-10/h6-10,15-17H,4-5,13H2,1-3H3,(H,14,18)/t6?,7?,8-,9?,10-/m0/s1. The SMILES string of the molecule is CC(C)(C)OC(=O)NCS[C@@H]1OC(CO)[C@H](O)C(O)C1N. The van der Waals surface area contributed by atoms with E-state index >= 15 is 0 Å². The molecule has 8 nitrogen and oxygen atoms in total. The van der Waals surface area contributed by atoms with Crippen molar-refractivity contribution in [3.63, 3.8) is 0 Å². The second-order valence-corrected chi connectivity index (χ2v) is 6.86. The molecular weight excluding hydrogens is 300 g/mol. The molecule has 0 radical (unpaired) electrons. The van der Waals surface area contributed by atoms with E-state index in [1.54, 1.807) is 20.8 Å². The van der Waals surface area contributed by atoms with E-state index in [2.05, 4.69) is 5.32 Å². The van der Waals surface area contributed by atoms with Crippen molar-refractivity contribution in [1.29, 1.82) is 0 Å². The normalized spacial score (nSPS) is 33.6. The summed E-state index contributed by atoms with van der Waals surface area (Å²) in [5.41, 5.74) is 4.52. The maximum atomic E-state index is 11.5. The van der Waals surface area contributed by atoms with Crippen LogP contribution in [0, 0.1) is 0 Å². The summed E-state index contributed by atoms with van der Waals surface area (Å²) in [6.45, 7) is 4.83. The number of carbonyl (C=O) groups excluding carboxylic acids is 1. The number of carbonyl (C=O) groups is 1. The van der Waals surface area contributed by atoms with Crippen LogP contribution in [0.3, 0.4) is 0 Å². The fourth-order valence-electron chi connectivity index (χ4n) is 1.75. The molecular formula is C12H24N2O6S. The first-order valence-electron chi connectivity index (χ1n) is 6.62. The molecule has 21 heavy (non-hydrogen) atoms. The Morgan fingerprint density at radius 1 is 1.38 bits per heavy atom. The van der Waals surface area contributed by atoms with Crippen LogP contribution in [-0.2, 0) is 9.47 Å². The third-order valence-corrected chi connectivity index (χ3v) is 3.86. The molecule has 1 heterocycles. The van der Waals surface area contributed by atoms with E-state index in [4.69, 9.17) is 20.3 Å². The van der Waals surface area contributed by atoms with Crippen LogP contribution >= 0.6 is 11.8 Å². The highest BCUT2D eigenvalue weighted by atomic mass is 32.2. The molecule has 0 aromatic rings. The Labute approximate surface area is 128 Å². The number of nitrogens with one attached hydrogen (secondary N) is 1. The van der Waals surface area contributed by atoms with Gasteiger partial charge in [0.05, 0.1) is 18.5 Å². The molecule has 124 valence electrons. The molecule has 5 atom stereocenters. The molecule has 0 aromatic heterocycles. The lowest BCUT2D eigenvalue weighted by Gasteiger charge is -2.40. The molecule has 9 heteroatoms. The van der Waals surface area contributed by atoms with E-state index < -0.39 is 48.1 Å². The molecule has 1 aliphatic heterocycles. The van der Waals surface area contributed by atoms with Gasteiger partial charge < -0.3 is 35.8 Å². The fourth-order valence-corrected chi connectivity index (χ4v) is 2.72. The van der Waals surface area contributed by atoms with E-state index in [1.165, 1.54) is 0 Å². The van der Waals surface area contributed by atoms with Gasteiger partial charge in [-0.15, -0.1) is 11.8 Å². The van der Waals surface area contributed by atoms with Crippen LogP contribution in [0.4, 0.5) is 4.79 Å². The van der Waals surface area contributed by atoms with Crippen LogP contribution in [0.25, 0.3) is 0 Å². The van der Waals surface area contributed by atoms with Gasteiger partial charge in [0.15, 0.2) is 0 Å². The average Bonchev–Trinajstić information content (AvgIpc) is 2.36. The van der Waals surface area contributed by atoms with Crippen molar-refractivity contribution < 1.29 is 29.6 Å². The first kappa shape index (κ1) is 18.5. The number of alkyl carbamates (subject to hydrolysis) is 1. The Kier molecular flexibility index (Phi) is 6.70. The quantitative estimate of drug-likeness (QED) is 0.414. The van der Waals surface area contributed by atoms with Crippen LogP contribution in [0.5, 0.6) is 0 Å². The van der Waals surface area contributed by atoms with Crippen molar-refractivity contribution in [2.75, 3.05) is 12.5 Å². The Morgan fingerprint density at radius 2 is 2.00 bits per heavy atom. The minimum absolute atomic E-state index is 0.161. The smallest absolute Gasteiger partial charge is 0.408 e. The lowest BCUT2D eigenvalue weighted by atomic mass is 9.99. The Balaban J connectivity index is 2.42. The summed E-state index contributed by atoms with van der Waals surface area (Å²) < 4.78 is 10.5. The van der Waals surface area contributed by atoms with Crippen LogP contribution in [0.2, 0.25) is 0 Å². The molecule has 1 saturated heterocycles. The largest absolute Gasteiger partial charge is 0.444 e. The van der Waals surface area contributed by atoms with Crippen molar-refractivity contribution >= 4 is 17.9 Å². The Hall–Kier alpha value is -0.580. The number of thioether (sulfide) groups is 1. The van der Waals surface area contributed by atoms with Crippen molar-refractivity contribution in [2.45, 2.75) is 56.2 Å². The maximum Gasteiger partial charge on any atom is 0.408 e. The summed E-state index contributed by atoms with van der Waals surface area (Å²) >= 11 is 1.14. The van der Waals surface area contributed by atoms with E-state index in [1.807, 2.05) is 0 Å². The highest BCUT2D eigenvalue weighted by molar-refractivity contribution is 7.99. The number of amides is 1. The molecule has 1 aliphatic rings. The summed E-state index contributed by atoms with van der Waals surface area (Å²) in [4.78, 5) is 11.5. The number of ether oxygens (including phenoxy) is 2. The van der Waals surface area contributed by atoms with Gasteiger partial charge in [-0.25, -0.2) is 4.79 Å². The van der Waals surface area contributed by atoms with Crippen molar-refractivity contribution in [1.82, 2.24) is 5.32 Å². The van der Waals surface area contributed by atoms with Gasteiger partial charge >= 0.3 is 6.09 Å². The van der Waals surface area contributed by atoms with Crippen LogP contribution in [0.15, 0.2) is 0 Å². The van der Waals surface area contributed by atoms with Crippen LogP contribution in [0.1, 0.15) is 20.8 Å². The minimum Gasteiger partial charge on any atom is -0.444 e. The zero-order valence-corrected chi connectivity index (χ0v) is 13.2. The highest BCUT2D eigenvalue weighted by Gasteiger charge is 2.42. The first-order valence-corrected chi connectivity index (χ1v) is 7.67.